The number of ether oxygens (including phenoxy) is 3. The molecule has 0 unspecified atom stereocenters. The second kappa shape index (κ2) is 10.1. The molecule has 27 heavy (non-hydrogen) atoms. The summed E-state index contributed by atoms with van der Waals surface area (Å²) in [6.45, 7) is 2.14. The molecule has 0 aliphatic rings. The SMILES string of the molecule is CCCCOc1ccc(OC)cc1NC(=O)c1cccc(OCC(=O)O)c1. The molecule has 7 nitrogen and oxygen atoms in total. The molecule has 0 bridgehead atoms. The maximum atomic E-state index is 12.6. The first kappa shape index (κ1) is 20.1. The van der Waals surface area contributed by atoms with Crippen LogP contribution in [-0.4, -0.2) is 37.3 Å². The lowest BCUT2D eigenvalue weighted by Gasteiger charge is -2.14. The average Bonchev–Trinajstić information content (AvgIpc) is 2.67. The molecule has 2 aromatic carbocycles. The standard InChI is InChI=1S/C20H23NO6/c1-3-4-10-26-18-9-8-15(25-2)12-17(18)21-20(24)14-6-5-7-16(11-14)27-13-19(22)23/h5-9,11-12H,3-4,10,13H2,1-2H3,(H,21,24)(H,22,23). The van der Waals surface area contributed by atoms with Crippen LogP contribution in [0.4, 0.5) is 5.69 Å². The Morgan fingerprint density at radius 1 is 1.07 bits per heavy atom. The lowest BCUT2D eigenvalue weighted by Crippen LogP contribution is -2.14. The van der Waals surface area contributed by atoms with E-state index >= 15 is 0 Å². The smallest absolute Gasteiger partial charge is 0.341 e. The van der Waals surface area contributed by atoms with Crippen LogP contribution < -0.4 is 19.5 Å². The number of hydrogen-bond donors (Lipinski definition) is 2. The van der Waals surface area contributed by atoms with Crippen LogP contribution in [-0.2, 0) is 4.79 Å². The molecule has 0 heterocycles. The van der Waals surface area contributed by atoms with E-state index in [0.29, 0.717) is 35.1 Å². The minimum Gasteiger partial charge on any atom is -0.497 e. The molecule has 2 rings (SSSR count). The largest absolute Gasteiger partial charge is 0.497 e. The summed E-state index contributed by atoms with van der Waals surface area (Å²) in [5.41, 5.74) is 0.826. The molecule has 0 radical (unpaired) electrons. The number of aliphatic carboxylic acids is 1. The van der Waals surface area contributed by atoms with E-state index in [0.717, 1.165) is 12.8 Å². The van der Waals surface area contributed by atoms with Crippen molar-refractivity contribution in [3.63, 3.8) is 0 Å². The van der Waals surface area contributed by atoms with E-state index in [9.17, 15) is 9.59 Å². The topological polar surface area (TPSA) is 94.1 Å². The molecular formula is C20H23NO6. The van der Waals surface area contributed by atoms with Gasteiger partial charge in [-0.3, -0.25) is 4.79 Å². The number of unbranched alkanes of at least 4 members (excludes halogenated alkanes) is 1. The van der Waals surface area contributed by atoms with Crippen molar-refractivity contribution >= 4 is 17.6 Å². The van der Waals surface area contributed by atoms with Crippen LogP contribution in [0.25, 0.3) is 0 Å². The van der Waals surface area contributed by atoms with Gasteiger partial charge in [0.15, 0.2) is 6.61 Å². The third kappa shape index (κ3) is 6.22. The van der Waals surface area contributed by atoms with Gasteiger partial charge in [-0.2, -0.15) is 0 Å². The van der Waals surface area contributed by atoms with Crippen LogP contribution in [0.1, 0.15) is 30.1 Å². The van der Waals surface area contributed by atoms with Crippen molar-refractivity contribution in [2.24, 2.45) is 0 Å². The number of hydrogen-bond acceptors (Lipinski definition) is 5. The molecular weight excluding hydrogens is 350 g/mol. The third-order valence-corrected chi connectivity index (χ3v) is 3.65. The molecule has 7 heteroatoms. The molecule has 1 amide bonds. The first-order valence-corrected chi connectivity index (χ1v) is 8.60. The Labute approximate surface area is 157 Å². The highest BCUT2D eigenvalue weighted by Gasteiger charge is 2.13. The van der Waals surface area contributed by atoms with Gasteiger partial charge in [-0.15, -0.1) is 0 Å². The Morgan fingerprint density at radius 3 is 2.59 bits per heavy atom. The highest BCUT2D eigenvalue weighted by molar-refractivity contribution is 6.05. The number of anilines is 1. The highest BCUT2D eigenvalue weighted by atomic mass is 16.5. The maximum Gasteiger partial charge on any atom is 0.341 e. The highest BCUT2D eigenvalue weighted by Crippen LogP contribution is 2.30. The monoisotopic (exact) mass is 373 g/mol. The fraction of sp³-hybridized carbons (Fsp3) is 0.300. The van der Waals surface area contributed by atoms with Crippen LogP contribution in [0.15, 0.2) is 42.5 Å². The molecule has 0 saturated heterocycles. The number of amides is 1. The van der Waals surface area contributed by atoms with E-state index in [1.165, 1.54) is 6.07 Å². The number of carboxylic acids is 1. The van der Waals surface area contributed by atoms with Crippen LogP contribution >= 0.6 is 0 Å². The Kier molecular flexibility index (Phi) is 7.49. The van der Waals surface area contributed by atoms with Gasteiger partial charge in [-0.05, 0) is 36.8 Å². The van der Waals surface area contributed by atoms with Crippen molar-refractivity contribution in [3.8, 4) is 17.2 Å². The summed E-state index contributed by atoms with van der Waals surface area (Å²) in [6, 6.07) is 11.5. The maximum absolute atomic E-state index is 12.6. The number of benzene rings is 2. The number of carboxylic acid groups (broad SMARTS) is 1. The number of rotatable bonds is 10. The van der Waals surface area contributed by atoms with E-state index in [1.807, 2.05) is 0 Å². The number of nitrogens with one attached hydrogen (secondary N) is 1. The molecule has 0 atom stereocenters. The molecule has 0 fully saturated rings. The summed E-state index contributed by atoms with van der Waals surface area (Å²) in [5, 5.41) is 11.5. The van der Waals surface area contributed by atoms with Gasteiger partial charge >= 0.3 is 5.97 Å². The van der Waals surface area contributed by atoms with E-state index < -0.39 is 12.6 Å². The average molecular weight is 373 g/mol. The van der Waals surface area contributed by atoms with Crippen LogP contribution in [0, 0.1) is 0 Å². The van der Waals surface area contributed by atoms with Gasteiger partial charge in [0.1, 0.15) is 17.2 Å². The van der Waals surface area contributed by atoms with Gasteiger partial charge in [0.05, 0.1) is 19.4 Å². The minimum atomic E-state index is -1.09. The Morgan fingerprint density at radius 2 is 1.89 bits per heavy atom. The predicted octanol–water partition coefficient (Wildman–Crippen LogP) is 3.59. The molecule has 0 aromatic heterocycles. The zero-order valence-electron chi connectivity index (χ0n) is 15.4. The predicted molar refractivity (Wildman–Crippen MR) is 101 cm³/mol. The minimum absolute atomic E-state index is 0.301. The van der Waals surface area contributed by atoms with Crippen molar-refractivity contribution < 1.29 is 28.9 Å². The van der Waals surface area contributed by atoms with E-state index in [2.05, 4.69) is 12.2 Å². The fourth-order valence-corrected chi connectivity index (χ4v) is 2.25. The second-order valence-corrected chi connectivity index (χ2v) is 5.73. The number of methoxy groups -OCH3 is 1. The summed E-state index contributed by atoms with van der Waals surface area (Å²) < 4.78 is 16.1. The first-order valence-electron chi connectivity index (χ1n) is 8.60. The van der Waals surface area contributed by atoms with Crippen molar-refractivity contribution in [1.82, 2.24) is 0 Å². The molecule has 0 saturated carbocycles. The summed E-state index contributed by atoms with van der Waals surface area (Å²) >= 11 is 0. The molecule has 144 valence electrons. The van der Waals surface area contributed by atoms with E-state index in [4.69, 9.17) is 19.3 Å². The Balaban J connectivity index is 2.16. The fourth-order valence-electron chi connectivity index (χ4n) is 2.25. The van der Waals surface area contributed by atoms with Gasteiger partial charge in [-0.25, -0.2) is 4.79 Å². The van der Waals surface area contributed by atoms with Crippen molar-refractivity contribution in [3.05, 3.63) is 48.0 Å². The van der Waals surface area contributed by atoms with Gasteiger partial charge < -0.3 is 24.6 Å². The Hall–Kier alpha value is -3.22. The molecule has 0 aliphatic carbocycles. The van der Waals surface area contributed by atoms with Crippen LogP contribution in [0.5, 0.6) is 17.2 Å². The zero-order valence-corrected chi connectivity index (χ0v) is 15.4. The lowest BCUT2D eigenvalue weighted by atomic mass is 10.2. The van der Waals surface area contributed by atoms with E-state index in [-0.39, 0.29) is 5.91 Å². The summed E-state index contributed by atoms with van der Waals surface area (Å²) in [4.78, 5) is 23.2. The zero-order chi connectivity index (χ0) is 19.6. The molecule has 0 spiro atoms. The number of carbonyl (C=O) groups is 2. The summed E-state index contributed by atoms with van der Waals surface area (Å²) in [6.07, 6.45) is 1.91. The van der Waals surface area contributed by atoms with Gasteiger partial charge in [0.25, 0.3) is 5.91 Å². The Bertz CT molecular complexity index is 790. The molecule has 0 aliphatic heterocycles. The lowest BCUT2D eigenvalue weighted by molar-refractivity contribution is -0.139. The van der Waals surface area contributed by atoms with Crippen molar-refractivity contribution in [1.29, 1.82) is 0 Å². The van der Waals surface area contributed by atoms with Crippen molar-refractivity contribution in [2.75, 3.05) is 25.6 Å². The molecule has 2 N–H and O–H groups in total. The van der Waals surface area contributed by atoms with Gasteiger partial charge in [0.2, 0.25) is 0 Å². The molecule has 2 aromatic rings. The normalized spacial score (nSPS) is 10.1. The second-order valence-electron chi connectivity index (χ2n) is 5.73. The quantitative estimate of drug-likeness (QED) is 0.618. The summed E-state index contributed by atoms with van der Waals surface area (Å²) in [7, 11) is 1.54. The van der Waals surface area contributed by atoms with Crippen molar-refractivity contribution in [2.45, 2.75) is 19.8 Å². The van der Waals surface area contributed by atoms with Gasteiger partial charge in [0, 0.05) is 11.6 Å². The van der Waals surface area contributed by atoms with Gasteiger partial charge in [-0.1, -0.05) is 19.4 Å². The summed E-state index contributed by atoms with van der Waals surface area (Å²) in [5.74, 6) is -0.0165. The van der Waals surface area contributed by atoms with Crippen LogP contribution in [0.3, 0.4) is 0 Å². The van der Waals surface area contributed by atoms with E-state index in [1.54, 1.807) is 43.5 Å². The first-order chi connectivity index (χ1) is 13.0. The number of carbonyl (C=O) groups excluding carboxylic acids is 1. The van der Waals surface area contributed by atoms with Crippen LogP contribution in [0.2, 0.25) is 0 Å². The third-order valence-electron chi connectivity index (χ3n) is 3.65.